The SMILES string of the molecule is C=CCOc1ccc(C=C2NC(=O)NC2=O)cc1. The Morgan fingerprint density at radius 1 is 1.17 bits per heavy atom. The van der Waals surface area contributed by atoms with Crippen molar-refractivity contribution in [3.8, 4) is 5.75 Å². The molecular weight excluding hydrogens is 232 g/mol. The van der Waals surface area contributed by atoms with E-state index in [-0.39, 0.29) is 5.70 Å². The summed E-state index contributed by atoms with van der Waals surface area (Å²) < 4.78 is 5.33. The van der Waals surface area contributed by atoms with Crippen LogP contribution >= 0.6 is 0 Å². The summed E-state index contributed by atoms with van der Waals surface area (Å²) in [5.74, 6) is 0.295. The lowest BCUT2D eigenvalue weighted by Gasteiger charge is -2.03. The first-order valence-electron chi connectivity index (χ1n) is 5.37. The summed E-state index contributed by atoms with van der Waals surface area (Å²) in [5, 5.41) is 4.55. The van der Waals surface area contributed by atoms with Gasteiger partial charge < -0.3 is 10.1 Å². The first-order chi connectivity index (χ1) is 8.69. The highest BCUT2D eigenvalue weighted by molar-refractivity contribution is 6.13. The monoisotopic (exact) mass is 244 g/mol. The van der Waals surface area contributed by atoms with Crippen molar-refractivity contribution in [2.24, 2.45) is 0 Å². The van der Waals surface area contributed by atoms with Crippen molar-refractivity contribution in [2.45, 2.75) is 0 Å². The van der Waals surface area contributed by atoms with Gasteiger partial charge in [0.25, 0.3) is 5.91 Å². The molecule has 1 aromatic carbocycles. The maximum atomic E-state index is 11.3. The zero-order valence-electron chi connectivity index (χ0n) is 9.60. The van der Waals surface area contributed by atoms with Gasteiger partial charge in [0.1, 0.15) is 18.1 Å². The minimum Gasteiger partial charge on any atom is -0.490 e. The molecule has 1 saturated heterocycles. The predicted octanol–water partition coefficient (Wildman–Crippen LogP) is 1.43. The Morgan fingerprint density at radius 3 is 2.44 bits per heavy atom. The zero-order valence-corrected chi connectivity index (χ0v) is 9.60. The summed E-state index contributed by atoms with van der Waals surface area (Å²) in [7, 11) is 0. The fourth-order valence-corrected chi connectivity index (χ4v) is 1.46. The molecule has 2 rings (SSSR count). The van der Waals surface area contributed by atoms with Crippen LogP contribution < -0.4 is 15.4 Å². The zero-order chi connectivity index (χ0) is 13.0. The number of nitrogens with one attached hydrogen (secondary N) is 2. The number of benzene rings is 1. The molecule has 5 nitrogen and oxygen atoms in total. The smallest absolute Gasteiger partial charge is 0.326 e. The fraction of sp³-hybridized carbons (Fsp3) is 0.0769. The van der Waals surface area contributed by atoms with E-state index in [1.807, 2.05) is 0 Å². The number of ether oxygens (including phenoxy) is 1. The van der Waals surface area contributed by atoms with Gasteiger partial charge in [-0.05, 0) is 23.8 Å². The van der Waals surface area contributed by atoms with E-state index in [1.54, 1.807) is 36.4 Å². The summed E-state index contributed by atoms with van der Waals surface area (Å²) in [6.07, 6.45) is 3.26. The molecule has 0 saturated carbocycles. The molecule has 0 spiro atoms. The second kappa shape index (κ2) is 5.18. The van der Waals surface area contributed by atoms with Crippen LogP contribution in [0.5, 0.6) is 5.75 Å². The van der Waals surface area contributed by atoms with Crippen LogP contribution in [-0.2, 0) is 4.79 Å². The number of imide groups is 1. The number of carbonyl (C=O) groups is 2. The molecule has 0 atom stereocenters. The van der Waals surface area contributed by atoms with Crippen LogP contribution in [0.2, 0.25) is 0 Å². The highest BCUT2D eigenvalue weighted by Gasteiger charge is 2.22. The Hall–Kier alpha value is -2.56. The van der Waals surface area contributed by atoms with Crippen molar-refractivity contribution in [2.75, 3.05) is 6.61 Å². The summed E-state index contributed by atoms with van der Waals surface area (Å²) in [4.78, 5) is 22.2. The van der Waals surface area contributed by atoms with Crippen LogP contribution in [0.4, 0.5) is 4.79 Å². The highest BCUT2D eigenvalue weighted by atomic mass is 16.5. The molecule has 1 aliphatic heterocycles. The standard InChI is InChI=1S/C13H12N2O3/c1-2-7-18-10-5-3-9(4-6-10)8-11-12(16)15-13(17)14-11/h2-6,8H,1,7H2,(H2,14,15,16,17). The van der Waals surface area contributed by atoms with Gasteiger partial charge in [0.2, 0.25) is 0 Å². The molecule has 3 amide bonds. The van der Waals surface area contributed by atoms with Crippen LogP contribution in [0, 0.1) is 0 Å². The quantitative estimate of drug-likeness (QED) is 0.478. The molecular formula is C13H12N2O3. The maximum Gasteiger partial charge on any atom is 0.326 e. The van der Waals surface area contributed by atoms with Gasteiger partial charge in [0.15, 0.2) is 0 Å². The number of rotatable bonds is 4. The average molecular weight is 244 g/mol. The third-order valence-corrected chi connectivity index (χ3v) is 2.28. The maximum absolute atomic E-state index is 11.3. The van der Waals surface area contributed by atoms with Crippen molar-refractivity contribution in [1.82, 2.24) is 10.6 Å². The molecule has 18 heavy (non-hydrogen) atoms. The summed E-state index contributed by atoms with van der Waals surface area (Å²) in [6, 6.07) is 6.65. The van der Waals surface area contributed by atoms with Gasteiger partial charge in [-0.25, -0.2) is 4.79 Å². The second-order valence-corrected chi connectivity index (χ2v) is 3.63. The van der Waals surface area contributed by atoms with Gasteiger partial charge in [-0.15, -0.1) is 0 Å². The molecule has 1 aromatic rings. The predicted molar refractivity (Wildman–Crippen MR) is 66.8 cm³/mol. The van der Waals surface area contributed by atoms with Crippen LogP contribution in [0.15, 0.2) is 42.6 Å². The Morgan fingerprint density at radius 2 is 1.89 bits per heavy atom. The molecule has 0 aliphatic carbocycles. The minimum atomic E-state index is -0.503. The lowest BCUT2D eigenvalue weighted by Crippen LogP contribution is -2.22. The van der Waals surface area contributed by atoms with Crippen molar-refractivity contribution in [1.29, 1.82) is 0 Å². The van der Waals surface area contributed by atoms with Crippen LogP contribution in [0.25, 0.3) is 6.08 Å². The number of carbonyl (C=O) groups excluding carboxylic acids is 2. The molecule has 0 radical (unpaired) electrons. The highest BCUT2D eigenvalue weighted by Crippen LogP contribution is 2.14. The summed E-state index contributed by atoms with van der Waals surface area (Å²) >= 11 is 0. The van der Waals surface area contributed by atoms with Gasteiger partial charge in [-0.2, -0.15) is 0 Å². The summed E-state index contributed by atoms with van der Waals surface area (Å²) in [5.41, 5.74) is 1.04. The first kappa shape index (κ1) is 11.9. The topological polar surface area (TPSA) is 67.4 Å². The Kier molecular flexibility index (Phi) is 3.43. The van der Waals surface area contributed by atoms with Crippen molar-refractivity contribution in [3.63, 3.8) is 0 Å². The summed E-state index contributed by atoms with van der Waals surface area (Å²) in [6.45, 7) is 4.00. The molecule has 2 N–H and O–H groups in total. The van der Waals surface area contributed by atoms with Gasteiger partial charge in [-0.3, -0.25) is 10.1 Å². The number of urea groups is 1. The number of amides is 3. The average Bonchev–Trinajstić information content (AvgIpc) is 2.67. The number of hydrogen-bond acceptors (Lipinski definition) is 3. The van der Waals surface area contributed by atoms with Gasteiger partial charge in [-0.1, -0.05) is 24.8 Å². The van der Waals surface area contributed by atoms with E-state index in [0.717, 1.165) is 11.3 Å². The van der Waals surface area contributed by atoms with Crippen LogP contribution in [0.1, 0.15) is 5.56 Å². The largest absolute Gasteiger partial charge is 0.490 e. The molecule has 1 heterocycles. The van der Waals surface area contributed by atoms with Crippen molar-refractivity contribution >= 4 is 18.0 Å². The van der Waals surface area contributed by atoms with E-state index in [4.69, 9.17) is 4.74 Å². The lowest BCUT2D eigenvalue weighted by atomic mass is 10.2. The van der Waals surface area contributed by atoms with Crippen molar-refractivity contribution < 1.29 is 14.3 Å². The Labute approximate surface area is 104 Å². The minimum absolute atomic E-state index is 0.236. The van der Waals surface area contributed by atoms with E-state index >= 15 is 0 Å². The van der Waals surface area contributed by atoms with E-state index in [2.05, 4.69) is 17.2 Å². The molecule has 0 unspecified atom stereocenters. The van der Waals surface area contributed by atoms with E-state index in [1.165, 1.54) is 0 Å². The van der Waals surface area contributed by atoms with Gasteiger partial charge >= 0.3 is 6.03 Å². The Balaban J connectivity index is 2.10. The van der Waals surface area contributed by atoms with E-state index < -0.39 is 11.9 Å². The van der Waals surface area contributed by atoms with Gasteiger partial charge in [0, 0.05) is 0 Å². The normalized spacial score (nSPS) is 16.3. The second-order valence-electron chi connectivity index (χ2n) is 3.63. The molecule has 5 heteroatoms. The third kappa shape index (κ3) is 2.76. The van der Waals surface area contributed by atoms with Crippen LogP contribution in [-0.4, -0.2) is 18.5 Å². The third-order valence-electron chi connectivity index (χ3n) is 2.28. The molecule has 92 valence electrons. The molecule has 0 bridgehead atoms. The van der Waals surface area contributed by atoms with Crippen molar-refractivity contribution in [3.05, 3.63) is 48.2 Å². The fourth-order valence-electron chi connectivity index (χ4n) is 1.46. The number of hydrogen-bond donors (Lipinski definition) is 2. The van der Waals surface area contributed by atoms with Gasteiger partial charge in [0.05, 0.1) is 0 Å². The van der Waals surface area contributed by atoms with E-state index in [0.29, 0.717) is 6.61 Å². The molecule has 0 aromatic heterocycles. The Bertz CT molecular complexity index is 518. The van der Waals surface area contributed by atoms with Crippen LogP contribution in [0.3, 0.4) is 0 Å². The van der Waals surface area contributed by atoms with E-state index in [9.17, 15) is 9.59 Å². The first-order valence-corrected chi connectivity index (χ1v) is 5.37. The molecule has 1 aliphatic rings. The molecule has 1 fully saturated rings. The lowest BCUT2D eigenvalue weighted by molar-refractivity contribution is -0.115.